The lowest BCUT2D eigenvalue weighted by molar-refractivity contribution is 0.0398. The number of anilines is 1. The van der Waals surface area contributed by atoms with E-state index >= 15 is 0 Å². The first-order chi connectivity index (χ1) is 11.3. The van der Waals surface area contributed by atoms with E-state index in [9.17, 15) is 0 Å². The second-order valence-electron chi connectivity index (χ2n) is 6.01. The molecule has 0 radical (unpaired) electrons. The van der Waals surface area contributed by atoms with Crippen molar-refractivity contribution in [1.82, 2.24) is 4.90 Å². The molecule has 2 aromatic rings. The third kappa shape index (κ3) is 4.57. The highest BCUT2D eigenvalue weighted by Gasteiger charge is 2.09. The Labute approximate surface area is 139 Å². The van der Waals surface area contributed by atoms with E-state index in [1.54, 1.807) is 0 Å². The van der Waals surface area contributed by atoms with Crippen LogP contribution in [-0.4, -0.2) is 44.3 Å². The quantitative estimate of drug-likeness (QED) is 0.881. The summed E-state index contributed by atoms with van der Waals surface area (Å²) in [7, 11) is 0. The van der Waals surface area contributed by atoms with Crippen molar-refractivity contribution in [2.75, 3.05) is 44.7 Å². The van der Waals surface area contributed by atoms with Crippen molar-refractivity contribution in [1.29, 1.82) is 0 Å². The average Bonchev–Trinajstić information content (AvgIpc) is 2.63. The van der Waals surface area contributed by atoms with Gasteiger partial charge in [-0.25, -0.2) is 0 Å². The van der Waals surface area contributed by atoms with E-state index < -0.39 is 0 Å². The molecule has 0 atom stereocenters. The van der Waals surface area contributed by atoms with Crippen molar-refractivity contribution < 1.29 is 4.74 Å². The molecule has 0 aliphatic carbocycles. The van der Waals surface area contributed by atoms with Crippen LogP contribution in [0.4, 0.5) is 5.69 Å². The molecule has 3 heteroatoms. The predicted molar refractivity (Wildman–Crippen MR) is 97.0 cm³/mol. The van der Waals surface area contributed by atoms with Crippen LogP contribution in [0.15, 0.2) is 48.5 Å². The van der Waals surface area contributed by atoms with Crippen molar-refractivity contribution in [3.63, 3.8) is 0 Å². The van der Waals surface area contributed by atoms with Gasteiger partial charge in [0.1, 0.15) is 0 Å². The first-order valence-corrected chi connectivity index (χ1v) is 8.58. The van der Waals surface area contributed by atoms with Crippen LogP contribution < -0.4 is 5.32 Å². The van der Waals surface area contributed by atoms with Crippen molar-refractivity contribution in [2.24, 2.45) is 0 Å². The van der Waals surface area contributed by atoms with Crippen LogP contribution in [0.1, 0.15) is 12.5 Å². The lowest BCUT2D eigenvalue weighted by Crippen LogP contribution is -2.38. The Morgan fingerprint density at radius 2 is 1.78 bits per heavy atom. The monoisotopic (exact) mass is 310 g/mol. The summed E-state index contributed by atoms with van der Waals surface area (Å²) in [4.78, 5) is 2.45. The number of benzene rings is 2. The number of hydrogen-bond donors (Lipinski definition) is 1. The Bertz CT molecular complexity index is 603. The number of nitrogens with one attached hydrogen (secondary N) is 1. The van der Waals surface area contributed by atoms with E-state index in [4.69, 9.17) is 4.74 Å². The summed E-state index contributed by atoms with van der Waals surface area (Å²) in [6.45, 7) is 8.08. The fourth-order valence-electron chi connectivity index (χ4n) is 2.93. The molecule has 0 amide bonds. The molecule has 3 nitrogen and oxygen atoms in total. The molecular weight excluding hydrogens is 284 g/mol. The molecule has 0 spiro atoms. The first-order valence-electron chi connectivity index (χ1n) is 8.58. The third-order valence-corrected chi connectivity index (χ3v) is 4.41. The standard InChI is InChI=1S/C20H26N2O/c1-2-17-4-3-5-19(16-17)18-6-8-20(9-7-18)21-10-11-22-12-14-23-15-13-22/h3-9,16,21H,2,10-15H2,1H3. The highest BCUT2D eigenvalue weighted by molar-refractivity contribution is 5.66. The van der Waals surface area contributed by atoms with Crippen molar-refractivity contribution in [3.05, 3.63) is 54.1 Å². The van der Waals surface area contributed by atoms with Gasteiger partial charge in [-0.1, -0.05) is 43.3 Å². The SMILES string of the molecule is CCc1cccc(-c2ccc(NCCN3CCOCC3)cc2)c1. The normalized spacial score (nSPS) is 15.5. The van der Waals surface area contributed by atoms with Gasteiger partial charge in [0.25, 0.3) is 0 Å². The zero-order chi connectivity index (χ0) is 15.9. The fraction of sp³-hybridized carbons (Fsp3) is 0.400. The predicted octanol–water partition coefficient (Wildman–Crippen LogP) is 3.66. The summed E-state index contributed by atoms with van der Waals surface area (Å²) in [5, 5.41) is 3.51. The largest absolute Gasteiger partial charge is 0.384 e. The highest BCUT2D eigenvalue weighted by atomic mass is 16.5. The summed E-state index contributed by atoms with van der Waals surface area (Å²) in [6, 6.07) is 17.5. The van der Waals surface area contributed by atoms with Crippen LogP contribution in [0.3, 0.4) is 0 Å². The lowest BCUT2D eigenvalue weighted by atomic mass is 10.0. The van der Waals surface area contributed by atoms with Gasteiger partial charge in [-0.05, 0) is 35.2 Å². The molecule has 122 valence electrons. The Morgan fingerprint density at radius 1 is 1.00 bits per heavy atom. The minimum atomic E-state index is 0.867. The lowest BCUT2D eigenvalue weighted by Gasteiger charge is -2.26. The van der Waals surface area contributed by atoms with Crippen LogP contribution in [0, 0.1) is 0 Å². The molecule has 0 unspecified atom stereocenters. The zero-order valence-electron chi connectivity index (χ0n) is 13.9. The number of hydrogen-bond acceptors (Lipinski definition) is 3. The van der Waals surface area contributed by atoms with Crippen LogP contribution in [0.25, 0.3) is 11.1 Å². The van der Waals surface area contributed by atoms with Crippen molar-refractivity contribution in [3.8, 4) is 11.1 Å². The Morgan fingerprint density at radius 3 is 2.52 bits per heavy atom. The van der Waals surface area contributed by atoms with Gasteiger partial charge in [-0.3, -0.25) is 4.90 Å². The van der Waals surface area contributed by atoms with Crippen molar-refractivity contribution in [2.45, 2.75) is 13.3 Å². The maximum Gasteiger partial charge on any atom is 0.0594 e. The van der Waals surface area contributed by atoms with Crippen LogP contribution in [0.2, 0.25) is 0 Å². The second-order valence-corrected chi connectivity index (χ2v) is 6.01. The Balaban J connectivity index is 1.54. The van der Waals surface area contributed by atoms with Crippen molar-refractivity contribution >= 4 is 5.69 Å². The molecule has 0 aromatic heterocycles. The van der Waals surface area contributed by atoms with E-state index in [1.165, 1.54) is 22.4 Å². The van der Waals surface area contributed by atoms with E-state index in [-0.39, 0.29) is 0 Å². The second kappa shape index (κ2) is 8.14. The molecular formula is C20H26N2O. The summed E-state index contributed by atoms with van der Waals surface area (Å²) in [6.07, 6.45) is 1.08. The van der Waals surface area contributed by atoms with E-state index in [2.05, 4.69) is 65.7 Å². The minimum Gasteiger partial charge on any atom is -0.384 e. The molecule has 0 bridgehead atoms. The maximum absolute atomic E-state index is 5.37. The summed E-state index contributed by atoms with van der Waals surface area (Å²) in [5.41, 5.74) is 5.15. The van der Waals surface area contributed by atoms with E-state index in [0.717, 1.165) is 45.8 Å². The van der Waals surface area contributed by atoms with Gasteiger partial charge in [-0.2, -0.15) is 0 Å². The number of morpholine rings is 1. The number of aryl methyl sites for hydroxylation is 1. The van der Waals surface area contributed by atoms with Crippen LogP contribution in [-0.2, 0) is 11.2 Å². The maximum atomic E-state index is 5.37. The molecule has 23 heavy (non-hydrogen) atoms. The van der Waals surface area contributed by atoms with E-state index in [1.807, 2.05) is 0 Å². The molecule has 1 aliphatic rings. The fourth-order valence-corrected chi connectivity index (χ4v) is 2.93. The smallest absolute Gasteiger partial charge is 0.0594 e. The zero-order valence-corrected chi connectivity index (χ0v) is 13.9. The van der Waals surface area contributed by atoms with Gasteiger partial charge in [0.15, 0.2) is 0 Å². The van der Waals surface area contributed by atoms with Gasteiger partial charge < -0.3 is 10.1 Å². The summed E-state index contributed by atoms with van der Waals surface area (Å²) in [5.74, 6) is 0. The third-order valence-electron chi connectivity index (χ3n) is 4.41. The molecule has 1 fully saturated rings. The van der Waals surface area contributed by atoms with Gasteiger partial charge in [0, 0.05) is 31.9 Å². The molecule has 2 aromatic carbocycles. The van der Waals surface area contributed by atoms with Gasteiger partial charge in [-0.15, -0.1) is 0 Å². The molecule has 1 saturated heterocycles. The van der Waals surface area contributed by atoms with Gasteiger partial charge in [0.05, 0.1) is 13.2 Å². The van der Waals surface area contributed by atoms with Crippen LogP contribution >= 0.6 is 0 Å². The van der Waals surface area contributed by atoms with E-state index in [0.29, 0.717) is 0 Å². The molecule has 1 heterocycles. The Kier molecular flexibility index (Phi) is 5.67. The van der Waals surface area contributed by atoms with Crippen LogP contribution in [0.5, 0.6) is 0 Å². The molecule has 1 aliphatic heterocycles. The first kappa shape index (κ1) is 16.0. The summed E-state index contributed by atoms with van der Waals surface area (Å²) < 4.78 is 5.37. The van der Waals surface area contributed by atoms with Gasteiger partial charge >= 0.3 is 0 Å². The highest BCUT2D eigenvalue weighted by Crippen LogP contribution is 2.22. The minimum absolute atomic E-state index is 0.867. The topological polar surface area (TPSA) is 24.5 Å². The summed E-state index contributed by atoms with van der Waals surface area (Å²) >= 11 is 0. The number of rotatable bonds is 6. The Hall–Kier alpha value is -1.84. The van der Waals surface area contributed by atoms with Gasteiger partial charge in [0.2, 0.25) is 0 Å². The number of nitrogens with zero attached hydrogens (tertiary/aromatic N) is 1. The average molecular weight is 310 g/mol. The molecule has 3 rings (SSSR count). The molecule has 0 saturated carbocycles. The molecule has 1 N–H and O–H groups in total. The number of ether oxygens (including phenoxy) is 1.